The van der Waals surface area contributed by atoms with Crippen molar-refractivity contribution in [3.63, 3.8) is 0 Å². The van der Waals surface area contributed by atoms with Crippen LogP contribution in [0.1, 0.15) is 0 Å². The van der Waals surface area contributed by atoms with Gasteiger partial charge in [0.05, 0.1) is 0 Å². The monoisotopic (exact) mass is 554 g/mol. The second-order valence-electron chi connectivity index (χ2n) is 7.77. The van der Waals surface area contributed by atoms with Gasteiger partial charge in [-0.1, -0.05) is 119 Å². The maximum atomic E-state index is 11.9. The van der Waals surface area contributed by atoms with Crippen LogP contribution in [0, 0.1) is 0 Å². The van der Waals surface area contributed by atoms with Crippen molar-refractivity contribution < 1.29 is 5.11 Å². The summed E-state index contributed by atoms with van der Waals surface area (Å²) >= 11 is 7.52. The Morgan fingerprint density at radius 1 is 0.394 bits per heavy atom. The zero-order chi connectivity index (χ0) is 22.8. The predicted octanol–water partition coefficient (Wildman–Crippen LogP) is 9.59. The first-order valence-corrected chi connectivity index (χ1v) is 12.2. The highest BCUT2D eigenvalue weighted by atomic mass is 79.9. The molecule has 0 aliphatic heterocycles. The Labute approximate surface area is 210 Å². The van der Waals surface area contributed by atoms with Crippen LogP contribution >= 0.6 is 31.9 Å². The molecule has 5 rings (SSSR count). The van der Waals surface area contributed by atoms with Gasteiger partial charge < -0.3 is 5.11 Å². The highest BCUT2D eigenvalue weighted by Crippen LogP contribution is 2.54. The fourth-order valence-electron chi connectivity index (χ4n) is 4.24. The quantitative estimate of drug-likeness (QED) is 0.234. The van der Waals surface area contributed by atoms with E-state index >= 15 is 0 Å². The first kappa shape index (κ1) is 21.7. The molecule has 33 heavy (non-hydrogen) atoms. The van der Waals surface area contributed by atoms with Gasteiger partial charge in [0.25, 0.3) is 0 Å². The van der Waals surface area contributed by atoms with Crippen LogP contribution in [0.25, 0.3) is 44.5 Å². The summed E-state index contributed by atoms with van der Waals surface area (Å²) in [4.78, 5) is 0. The van der Waals surface area contributed by atoms with Crippen LogP contribution < -0.4 is 0 Å². The average Bonchev–Trinajstić information content (AvgIpc) is 2.87. The number of phenols is 1. The number of halogens is 2. The van der Waals surface area contributed by atoms with Gasteiger partial charge in [0.15, 0.2) is 0 Å². The molecule has 1 N–H and O–H groups in total. The van der Waals surface area contributed by atoms with E-state index in [1.807, 2.05) is 91.0 Å². The third-order valence-corrected chi connectivity index (χ3v) is 7.05. The number of benzene rings is 5. The molecule has 0 aromatic heterocycles. The van der Waals surface area contributed by atoms with Crippen molar-refractivity contribution in [1.29, 1.82) is 0 Å². The summed E-state index contributed by atoms with van der Waals surface area (Å²) in [7, 11) is 0. The lowest BCUT2D eigenvalue weighted by atomic mass is 9.84. The summed E-state index contributed by atoms with van der Waals surface area (Å²) in [6.45, 7) is 0. The second-order valence-corrected chi connectivity index (χ2v) is 9.48. The summed E-state index contributed by atoms with van der Waals surface area (Å²) in [5.74, 6) is 0.268. The van der Waals surface area contributed by atoms with E-state index in [-0.39, 0.29) is 5.75 Å². The molecule has 0 fully saturated rings. The van der Waals surface area contributed by atoms with Gasteiger partial charge in [-0.05, 0) is 50.3 Å². The van der Waals surface area contributed by atoms with E-state index in [0.29, 0.717) is 0 Å². The number of rotatable bonds is 4. The molecule has 0 saturated heterocycles. The minimum atomic E-state index is 0.268. The topological polar surface area (TPSA) is 20.2 Å². The van der Waals surface area contributed by atoms with Gasteiger partial charge in [-0.25, -0.2) is 0 Å². The van der Waals surface area contributed by atoms with Crippen molar-refractivity contribution in [3.05, 3.63) is 124 Å². The molecule has 0 spiro atoms. The van der Waals surface area contributed by atoms with Crippen LogP contribution in [0.3, 0.4) is 0 Å². The van der Waals surface area contributed by atoms with Crippen molar-refractivity contribution in [1.82, 2.24) is 0 Å². The van der Waals surface area contributed by atoms with Gasteiger partial charge in [-0.3, -0.25) is 0 Å². The molecule has 0 atom stereocenters. The fraction of sp³-hybridized carbons (Fsp3) is 0. The highest BCUT2D eigenvalue weighted by Gasteiger charge is 2.26. The summed E-state index contributed by atoms with van der Waals surface area (Å²) < 4.78 is 1.95. The molecule has 5 aromatic carbocycles. The maximum Gasteiger partial charge on any atom is 0.132 e. The highest BCUT2D eigenvalue weighted by molar-refractivity contribution is 9.11. The van der Waals surface area contributed by atoms with Gasteiger partial charge in [-0.2, -0.15) is 0 Å². The Balaban J connectivity index is 1.96. The average molecular weight is 556 g/mol. The van der Waals surface area contributed by atoms with Crippen LogP contribution in [-0.4, -0.2) is 5.11 Å². The lowest BCUT2D eigenvalue weighted by Gasteiger charge is -2.23. The molecular formula is C30H20Br2O. The molecule has 0 aliphatic carbocycles. The van der Waals surface area contributed by atoms with Crippen molar-refractivity contribution in [3.8, 4) is 50.3 Å². The van der Waals surface area contributed by atoms with Crippen molar-refractivity contribution >= 4 is 31.9 Å². The van der Waals surface area contributed by atoms with Gasteiger partial charge in [0, 0.05) is 31.2 Å². The van der Waals surface area contributed by atoms with Crippen LogP contribution in [-0.2, 0) is 0 Å². The van der Waals surface area contributed by atoms with E-state index in [2.05, 4.69) is 56.1 Å². The molecule has 0 aliphatic rings. The number of hydrogen-bond acceptors (Lipinski definition) is 1. The zero-order valence-electron chi connectivity index (χ0n) is 17.7. The molecule has 0 bridgehead atoms. The normalized spacial score (nSPS) is 10.8. The number of aromatic hydroxyl groups is 1. The molecule has 160 valence electrons. The molecular weight excluding hydrogens is 536 g/mol. The Morgan fingerprint density at radius 2 is 0.727 bits per heavy atom. The van der Waals surface area contributed by atoms with Crippen LogP contribution in [0.5, 0.6) is 5.75 Å². The molecule has 1 nitrogen and oxygen atoms in total. The smallest absolute Gasteiger partial charge is 0.132 e. The first-order valence-electron chi connectivity index (χ1n) is 10.7. The van der Waals surface area contributed by atoms with Crippen molar-refractivity contribution in [2.75, 3.05) is 0 Å². The van der Waals surface area contributed by atoms with E-state index in [1.165, 1.54) is 0 Å². The summed E-state index contributed by atoms with van der Waals surface area (Å²) in [5.41, 5.74) is 7.55. The van der Waals surface area contributed by atoms with Crippen molar-refractivity contribution in [2.45, 2.75) is 0 Å². The summed E-state index contributed by atoms with van der Waals surface area (Å²) in [6, 6.07) is 38.6. The zero-order valence-corrected chi connectivity index (χ0v) is 20.8. The first-order chi connectivity index (χ1) is 16.1. The molecule has 0 saturated carbocycles. The van der Waals surface area contributed by atoms with Gasteiger partial charge in [-0.15, -0.1) is 0 Å². The van der Waals surface area contributed by atoms with Crippen LogP contribution in [0.4, 0.5) is 0 Å². The Morgan fingerprint density at radius 3 is 1.12 bits per heavy atom. The van der Waals surface area contributed by atoms with E-state index < -0.39 is 0 Å². The van der Waals surface area contributed by atoms with E-state index in [0.717, 1.165) is 53.5 Å². The SMILES string of the molecule is Oc1c(-c2ccccc2)c(-c2ccccc2)c(Br)c(-c2ccccc2)c1-c1ccc(Br)cc1. The van der Waals surface area contributed by atoms with Crippen molar-refractivity contribution in [2.24, 2.45) is 0 Å². The number of hydrogen-bond donors (Lipinski definition) is 1. The Kier molecular flexibility index (Phi) is 6.17. The van der Waals surface area contributed by atoms with Crippen LogP contribution in [0.15, 0.2) is 124 Å². The standard InChI is InChI=1S/C30H20Br2O/c31-24-18-16-23(17-19-24)28-26(21-12-6-2-7-13-21)29(32)25(20-10-4-1-5-11-20)27(30(28)33)22-14-8-3-9-15-22/h1-19,33H. The third-order valence-electron chi connectivity index (χ3n) is 5.73. The molecule has 5 aromatic rings. The van der Waals surface area contributed by atoms with E-state index in [1.54, 1.807) is 0 Å². The summed E-state index contributed by atoms with van der Waals surface area (Å²) in [6.07, 6.45) is 0. The fourth-order valence-corrected chi connectivity index (χ4v) is 5.36. The van der Waals surface area contributed by atoms with Gasteiger partial charge >= 0.3 is 0 Å². The third kappa shape index (κ3) is 4.15. The molecule has 0 radical (unpaired) electrons. The molecule has 0 heterocycles. The molecule has 0 amide bonds. The Bertz CT molecular complexity index is 1400. The lowest BCUT2D eigenvalue weighted by molar-refractivity contribution is 0.479. The molecule has 0 unspecified atom stereocenters. The minimum Gasteiger partial charge on any atom is -0.507 e. The maximum absolute atomic E-state index is 11.9. The van der Waals surface area contributed by atoms with E-state index in [9.17, 15) is 5.11 Å². The molecule has 3 heteroatoms. The van der Waals surface area contributed by atoms with Gasteiger partial charge in [0.1, 0.15) is 5.75 Å². The second kappa shape index (κ2) is 9.38. The number of phenolic OH excluding ortho intramolecular Hbond substituents is 1. The van der Waals surface area contributed by atoms with Crippen LogP contribution in [0.2, 0.25) is 0 Å². The Hall–Kier alpha value is -3.14. The predicted molar refractivity (Wildman–Crippen MR) is 145 cm³/mol. The minimum absolute atomic E-state index is 0.268. The largest absolute Gasteiger partial charge is 0.507 e. The lowest BCUT2D eigenvalue weighted by Crippen LogP contribution is -1.96. The van der Waals surface area contributed by atoms with Gasteiger partial charge in [0.2, 0.25) is 0 Å². The summed E-state index contributed by atoms with van der Waals surface area (Å²) in [5, 5.41) is 11.9. The van der Waals surface area contributed by atoms with E-state index in [4.69, 9.17) is 0 Å².